The van der Waals surface area contributed by atoms with Crippen molar-refractivity contribution in [1.29, 1.82) is 0 Å². The standard InChI is InChI=1S/C14H21NO/c1-4-11-8-12(16-3)5-6-13(11)14-7-10(2)9-15-14/h5-6,8,10,14-15H,4,7,9H2,1-3H3. The summed E-state index contributed by atoms with van der Waals surface area (Å²) in [6.07, 6.45) is 2.32. The van der Waals surface area contributed by atoms with E-state index < -0.39 is 0 Å². The Labute approximate surface area is 98.0 Å². The van der Waals surface area contributed by atoms with Gasteiger partial charge in [-0.3, -0.25) is 0 Å². The Morgan fingerprint density at radius 2 is 2.25 bits per heavy atom. The summed E-state index contributed by atoms with van der Waals surface area (Å²) in [5, 5.41) is 3.59. The fourth-order valence-corrected chi connectivity index (χ4v) is 2.50. The number of hydrogen-bond donors (Lipinski definition) is 1. The molecule has 1 heterocycles. The van der Waals surface area contributed by atoms with E-state index in [1.165, 1.54) is 17.5 Å². The van der Waals surface area contributed by atoms with Gasteiger partial charge in [-0.15, -0.1) is 0 Å². The van der Waals surface area contributed by atoms with Crippen molar-refractivity contribution >= 4 is 0 Å². The third kappa shape index (κ3) is 2.22. The Morgan fingerprint density at radius 1 is 1.44 bits per heavy atom. The summed E-state index contributed by atoms with van der Waals surface area (Å²) in [5.41, 5.74) is 2.86. The van der Waals surface area contributed by atoms with E-state index in [9.17, 15) is 0 Å². The molecule has 2 atom stereocenters. The van der Waals surface area contributed by atoms with Crippen LogP contribution in [0.3, 0.4) is 0 Å². The van der Waals surface area contributed by atoms with Crippen molar-refractivity contribution in [1.82, 2.24) is 5.32 Å². The molecule has 0 spiro atoms. The van der Waals surface area contributed by atoms with Crippen molar-refractivity contribution in [2.24, 2.45) is 5.92 Å². The monoisotopic (exact) mass is 219 g/mol. The topological polar surface area (TPSA) is 21.3 Å². The van der Waals surface area contributed by atoms with Gasteiger partial charge in [-0.25, -0.2) is 0 Å². The van der Waals surface area contributed by atoms with E-state index in [0.717, 1.165) is 24.6 Å². The molecule has 1 N–H and O–H groups in total. The summed E-state index contributed by atoms with van der Waals surface area (Å²) in [6, 6.07) is 6.99. The van der Waals surface area contributed by atoms with Gasteiger partial charge in [0, 0.05) is 6.04 Å². The minimum Gasteiger partial charge on any atom is -0.497 e. The van der Waals surface area contributed by atoms with E-state index in [2.05, 4.69) is 37.4 Å². The van der Waals surface area contributed by atoms with Crippen LogP contribution in [0.5, 0.6) is 5.75 Å². The minimum atomic E-state index is 0.538. The highest BCUT2D eigenvalue weighted by molar-refractivity contribution is 5.38. The zero-order valence-corrected chi connectivity index (χ0v) is 10.4. The fourth-order valence-electron chi connectivity index (χ4n) is 2.50. The van der Waals surface area contributed by atoms with E-state index >= 15 is 0 Å². The zero-order chi connectivity index (χ0) is 11.5. The molecule has 0 aromatic heterocycles. The quantitative estimate of drug-likeness (QED) is 0.844. The van der Waals surface area contributed by atoms with Crippen molar-refractivity contribution in [3.05, 3.63) is 29.3 Å². The highest BCUT2D eigenvalue weighted by atomic mass is 16.5. The maximum atomic E-state index is 5.28. The normalized spacial score (nSPS) is 24.7. The van der Waals surface area contributed by atoms with E-state index in [0.29, 0.717) is 6.04 Å². The molecule has 2 unspecified atom stereocenters. The maximum absolute atomic E-state index is 5.28. The molecule has 0 radical (unpaired) electrons. The summed E-state index contributed by atoms with van der Waals surface area (Å²) in [6.45, 7) is 5.65. The van der Waals surface area contributed by atoms with Crippen molar-refractivity contribution in [3.63, 3.8) is 0 Å². The molecule has 0 bridgehead atoms. The van der Waals surface area contributed by atoms with Gasteiger partial charge in [0.25, 0.3) is 0 Å². The molecule has 1 saturated heterocycles. The summed E-state index contributed by atoms with van der Waals surface area (Å²) in [7, 11) is 1.73. The van der Waals surface area contributed by atoms with E-state index in [1.807, 2.05) is 0 Å². The van der Waals surface area contributed by atoms with Gasteiger partial charge in [0.05, 0.1) is 7.11 Å². The molecule has 2 heteroatoms. The molecule has 1 aromatic carbocycles. The van der Waals surface area contributed by atoms with Crippen LogP contribution >= 0.6 is 0 Å². The lowest BCUT2D eigenvalue weighted by Crippen LogP contribution is -2.15. The summed E-state index contributed by atoms with van der Waals surface area (Å²) in [4.78, 5) is 0. The lowest BCUT2D eigenvalue weighted by Gasteiger charge is -2.16. The number of hydrogen-bond acceptors (Lipinski definition) is 2. The van der Waals surface area contributed by atoms with Gasteiger partial charge < -0.3 is 10.1 Å². The molecule has 1 aliphatic rings. The Morgan fingerprint density at radius 3 is 2.81 bits per heavy atom. The second-order valence-corrected chi connectivity index (χ2v) is 4.72. The minimum absolute atomic E-state index is 0.538. The SMILES string of the molecule is CCc1cc(OC)ccc1C1CC(C)CN1. The molecule has 0 amide bonds. The van der Waals surface area contributed by atoms with Gasteiger partial charge in [0.1, 0.15) is 5.75 Å². The van der Waals surface area contributed by atoms with Crippen LogP contribution in [0.15, 0.2) is 18.2 Å². The molecule has 2 nitrogen and oxygen atoms in total. The first kappa shape index (κ1) is 11.5. The molecule has 1 fully saturated rings. The van der Waals surface area contributed by atoms with Crippen LogP contribution in [0.2, 0.25) is 0 Å². The van der Waals surface area contributed by atoms with Gasteiger partial charge in [-0.05, 0) is 48.6 Å². The second-order valence-electron chi connectivity index (χ2n) is 4.72. The average Bonchev–Trinajstić information content (AvgIpc) is 2.74. The molecular weight excluding hydrogens is 198 g/mol. The Kier molecular flexibility index (Phi) is 3.49. The molecule has 0 aliphatic carbocycles. The molecule has 0 saturated carbocycles. The largest absolute Gasteiger partial charge is 0.497 e. The van der Waals surface area contributed by atoms with Gasteiger partial charge in [0.2, 0.25) is 0 Å². The highest BCUT2D eigenvalue weighted by Crippen LogP contribution is 2.31. The van der Waals surface area contributed by atoms with Crippen LogP contribution < -0.4 is 10.1 Å². The van der Waals surface area contributed by atoms with Gasteiger partial charge in [-0.2, -0.15) is 0 Å². The first-order valence-corrected chi connectivity index (χ1v) is 6.14. The summed E-state index contributed by atoms with van der Waals surface area (Å²) in [5.74, 6) is 1.75. The molecule has 16 heavy (non-hydrogen) atoms. The maximum Gasteiger partial charge on any atom is 0.119 e. The van der Waals surface area contributed by atoms with Crippen LogP contribution in [0.4, 0.5) is 0 Å². The number of nitrogens with one attached hydrogen (secondary N) is 1. The fraction of sp³-hybridized carbons (Fsp3) is 0.571. The van der Waals surface area contributed by atoms with Crippen molar-refractivity contribution in [2.75, 3.05) is 13.7 Å². The summed E-state index contributed by atoms with van der Waals surface area (Å²) >= 11 is 0. The smallest absolute Gasteiger partial charge is 0.119 e. The molecule has 2 rings (SSSR count). The van der Waals surface area contributed by atoms with Crippen molar-refractivity contribution in [3.8, 4) is 5.75 Å². The first-order valence-electron chi connectivity index (χ1n) is 6.14. The number of benzene rings is 1. The Hall–Kier alpha value is -1.02. The molecule has 1 aromatic rings. The Bertz CT molecular complexity index is 362. The summed E-state index contributed by atoms with van der Waals surface area (Å²) < 4.78 is 5.28. The van der Waals surface area contributed by atoms with Crippen LogP contribution in [-0.2, 0) is 6.42 Å². The van der Waals surface area contributed by atoms with Crippen molar-refractivity contribution < 1.29 is 4.74 Å². The van der Waals surface area contributed by atoms with E-state index in [1.54, 1.807) is 7.11 Å². The van der Waals surface area contributed by atoms with Gasteiger partial charge >= 0.3 is 0 Å². The number of ether oxygens (including phenoxy) is 1. The molecular formula is C14H21NO. The Balaban J connectivity index is 2.26. The highest BCUT2D eigenvalue weighted by Gasteiger charge is 2.23. The van der Waals surface area contributed by atoms with Crippen LogP contribution in [0.1, 0.15) is 37.4 Å². The van der Waals surface area contributed by atoms with Crippen LogP contribution in [-0.4, -0.2) is 13.7 Å². The van der Waals surface area contributed by atoms with Crippen LogP contribution in [0.25, 0.3) is 0 Å². The molecule has 88 valence electrons. The van der Waals surface area contributed by atoms with Crippen molar-refractivity contribution in [2.45, 2.75) is 32.7 Å². The number of aryl methyl sites for hydroxylation is 1. The predicted molar refractivity (Wildman–Crippen MR) is 66.9 cm³/mol. The second kappa shape index (κ2) is 4.88. The van der Waals surface area contributed by atoms with Crippen LogP contribution in [0, 0.1) is 5.92 Å². The van der Waals surface area contributed by atoms with Gasteiger partial charge in [0.15, 0.2) is 0 Å². The van der Waals surface area contributed by atoms with Gasteiger partial charge in [-0.1, -0.05) is 19.9 Å². The van der Waals surface area contributed by atoms with E-state index in [4.69, 9.17) is 4.74 Å². The predicted octanol–water partition coefficient (Wildman–Crippen LogP) is 2.93. The zero-order valence-electron chi connectivity index (χ0n) is 10.4. The molecule has 1 aliphatic heterocycles. The average molecular weight is 219 g/mol. The number of rotatable bonds is 3. The lowest BCUT2D eigenvalue weighted by atomic mass is 9.95. The van der Waals surface area contributed by atoms with E-state index in [-0.39, 0.29) is 0 Å². The third-order valence-corrected chi connectivity index (χ3v) is 3.46. The number of methoxy groups -OCH3 is 1. The lowest BCUT2D eigenvalue weighted by molar-refractivity contribution is 0.414. The third-order valence-electron chi connectivity index (χ3n) is 3.46. The first-order chi connectivity index (χ1) is 7.74.